The van der Waals surface area contributed by atoms with Crippen LogP contribution in [0.4, 0.5) is 19.4 Å². The Bertz CT molecular complexity index is 697. The zero-order valence-electron chi connectivity index (χ0n) is 16.5. The third kappa shape index (κ3) is 5.52. The number of hydrogen-bond donors (Lipinski definition) is 0. The van der Waals surface area contributed by atoms with Gasteiger partial charge in [0, 0.05) is 0 Å². The van der Waals surface area contributed by atoms with Crippen LogP contribution in [-0.4, -0.2) is 0 Å². The minimum absolute atomic E-state index is 0.529. The predicted molar refractivity (Wildman–Crippen MR) is 108 cm³/mol. The Labute approximate surface area is 165 Å². The first-order chi connectivity index (χ1) is 13.0. The smallest absolute Gasteiger partial charge is 0.0936 e. The maximum absolute atomic E-state index is 12.9. The molecular formula is C22H31F5S. The Morgan fingerprint density at radius 3 is 2.00 bits per heavy atom. The van der Waals surface area contributed by atoms with Crippen molar-refractivity contribution in [3.8, 4) is 0 Å². The van der Waals surface area contributed by atoms with Gasteiger partial charge in [-0.2, -0.15) is 0 Å². The van der Waals surface area contributed by atoms with Crippen LogP contribution in [0.2, 0.25) is 0 Å². The van der Waals surface area contributed by atoms with Crippen molar-refractivity contribution in [2.45, 2.75) is 76.0 Å². The average Bonchev–Trinajstić information content (AvgIpc) is 2.65. The fourth-order valence-corrected chi connectivity index (χ4v) is 5.56. The van der Waals surface area contributed by atoms with E-state index in [4.69, 9.17) is 0 Å². The number of halogens is 5. The fraction of sp³-hybridized carbons (Fsp3) is 0.636. The molecule has 0 aliphatic heterocycles. The van der Waals surface area contributed by atoms with Gasteiger partial charge in [0.1, 0.15) is 4.90 Å². The van der Waals surface area contributed by atoms with Gasteiger partial charge >= 0.3 is 10.2 Å². The van der Waals surface area contributed by atoms with Crippen LogP contribution < -0.4 is 0 Å². The Hall–Kier alpha value is -1.04. The van der Waals surface area contributed by atoms with Gasteiger partial charge in [0.25, 0.3) is 0 Å². The van der Waals surface area contributed by atoms with Crippen molar-refractivity contribution in [1.82, 2.24) is 0 Å². The highest BCUT2D eigenvalue weighted by atomic mass is 32.5. The van der Waals surface area contributed by atoms with E-state index >= 15 is 0 Å². The van der Waals surface area contributed by atoms with E-state index in [0.29, 0.717) is 23.6 Å². The highest BCUT2D eigenvalue weighted by molar-refractivity contribution is 8.45. The van der Waals surface area contributed by atoms with Crippen molar-refractivity contribution >= 4 is 15.8 Å². The number of hydrogen-bond acceptors (Lipinski definition) is 0. The van der Waals surface area contributed by atoms with Crippen LogP contribution in [0, 0.1) is 17.8 Å². The summed E-state index contributed by atoms with van der Waals surface area (Å²) >= 11 is 0. The van der Waals surface area contributed by atoms with Crippen LogP contribution in [0.25, 0.3) is 5.57 Å². The second-order valence-corrected chi connectivity index (χ2v) is 11.1. The molecular weight excluding hydrogens is 391 g/mol. The van der Waals surface area contributed by atoms with Gasteiger partial charge in [-0.15, -0.1) is 0 Å². The monoisotopic (exact) mass is 422 g/mol. The lowest BCUT2D eigenvalue weighted by Crippen LogP contribution is -2.23. The van der Waals surface area contributed by atoms with Crippen molar-refractivity contribution in [2.75, 3.05) is 0 Å². The Morgan fingerprint density at radius 2 is 1.50 bits per heavy atom. The quantitative estimate of drug-likeness (QED) is 0.400. The van der Waals surface area contributed by atoms with E-state index in [1.54, 1.807) is 0 Å². The Balaban J connectivity index is 1.57. The van der Waals surface area contributed by atoms with Crippen molar-refractivity contribution in [3.05, 3.63) is 35.9 Å². The standard InChI is InChI=1S/C22H31F5S/c1-2-3-4-17-5-7-18(8-6-17)19-9-11-20(12-10-19)21-13-15-22(16-14-21)28(23,24,25,26)27/h11,13-19H,2-10,12H2,1H3. The summed E-state index contributed by atoms with van der Waals surface area (Å²) in [5.74, 6) is 2.30. The largest absolute Gasteiger partial charge is 0.310 e. The second kappa shape index (κ2) is 7.33. The minimum Gasteiger partial charge on any atom is -0.0936 e. The minimum atomic E-state index is -9.58. The zero-order chi connectivity index (χ0) is 20.5. The normalized spacial score (nSPS) is 28.9. The Kier molecular flexibility index (Phi) is 5.67. The van der Waals surface area contributed by atoms with Gasteiger partial charge in [0.2, 0.25) is 0 Å². The molecule has 1 atom stereocenters. The summed E-state index contributed by atoms with van der Waals surface area (Å²) < 4.78 is 64.3. The maximum Gasteiger partial charge on any atom is 0.310 e. The van der Waals surface area contributed by atoms with E-state index in [9.17, 15) is 19.4 Å². The molecule has 2 aliphatic carbocycles. The number of benzene rings is 1. The molecule has 1 unspecified atom stereocenters. The van der Waals surface area contributed by atoms with Crippen molar-refractivity contribution < 1.29 is 19.4 Å². The van der Waals surface area contributed by atoms with E-state index in [0.717, 1.165) is 36.7 Å². The lowest BCUT2D eigenvalue weighted by molar-refractivity contribution is 0.188. The van der Waals surface area contributed by atoms with E-state index in [1.165, 1.54) is 57.1 Å². The summed E-state index contributed by atoms with van der Waals surface area (Å²) in [5.41, 5.74) is 1.62. The van der Waals surface area contributed by atoms with Crippen LogP contribution >= 0.6 is 10.2 Å². The topological polar surface area (TPSA) is 0 Å². The van der Waals surface area contributed by atoms with Gasteiger partial charge in [-0.05, 0) is 73.1 Å². The molecule has 2 aliphatic rings. The third-order valence-electron chi connectivity index (χ3n) is 6.65. The van der Waals surface area contributed by atoms with Crippen LogP contribution in [0.15, 0.2) is 35.2 Å². The number of allylic oxidation sites excluding steroid dienone is 2. The predicted octanol–water partition coefficient (Wildman–Crippen LogP) is 9.52. The average molecular weight is 423 g/mol. The van der Waals surface area contributed by atoms with E-state index in [-0.39, 0.29) is 0 Å². The molecule has 1 saturated carbocycles. The zero-order valence-corrected chi connectivity index (χ0v) is 17.3. The second-order valence-electron chi connectivity index (χ2n) is 8.68. The highest BCUT2D eigenvalue weighted by Gasteiger charge is 2.65. The molecule has 1 aromatic rings. The number of unbranched alkanes of at least 4 members (excludes halogenated alkanes) is 1. The lowest BCUT2D eigenvalue weighted by Gasteiger charge is -2.40. The van der Waals surface area contributed by atoms with Crippen molar-refractivity contribution in [2.24, 2.45) is 17.8 Å². The summed E-state index contributed by atoms with van der Waals surface area (Å²) in [6.45, 7) is 2.24. The molecule has 28 heavy (non-hydrogen) atoms. The molecule has 0 N–H and O–H groups in total. The summed E-state index contributed by atoms with van der Waals surface area (Å²) in [6.07, 6.45) is 14.1. The molecule has 0 bridgehead atoms. The molecule has 0 amide bonds. The molecule has 0 heterocycles. The summed E-state index contributed by atoms with van der Waals surface area (Å²) in [7, 11) is -9.58. The third-order valence-corrected chi connectivity index (χ3v) is 7.81. The number of rotatable bonds is 6. The van der Waals surface area contributed by atoms with Gasteiger partial charge in [-0.25, -0.2) is 0 Å². The fourth-order valence-electron chi connectivity index (χ4n) is 4.91. The summed E-state index contributed by atoms with van der Waals surface area (Å²) in [4.78, 5) is -1.81. The van der Waals surface area contributed by atoms with Gasteiger partial charge in [0.15, 0.2) is 0 Å². The summed E-state index contributed by atoms with van der Waals surface area (Å²) in [6, 6.07) is 3.44. The molecule has 160 valence electrons. The SMILES string of the molecule is CCCCC1CCC(C2CC=C(c3ccc(S(F)(F)(F)(F)F)cc3)CC2)CC1. The van der Waals surface area contributed by atoms with Crippen molar-refractivity contribution in [3.63, 3.8) is 0 Å². The highest BCUT2D eigenvalue weighted by Crippen LogP contribution is 3.02. The van der Waals surface area contributed by atoms with Gasteiger partial charge < -0.3 is 0 Å². The summed E-state index contributed by atoms with van der Waals surface area (Å²) in [5, 5.41) is 0. The molecule has 3 rings (SSSR count). The molecule has 0 radical (unpaired) electrons. The van der Waals surface area contributed by atoms with Gasteiger partial charge in [0.05, 0.1) is 0 Å². The van der Waals surface area contributed by atoms with Gasteiger partial charge in [-0.3, -0.25) is 0 Å². The van der Waals surface area contributed by atoms with E-state index < -0.39 is 15.1 Å². The van der Waals surface area contributed by atoms with E-state index in [2.05, 4.69) is 13.0 Å². The van der Waals surface area contributed by atoms with Crippen LogP contribution in [0.1, 0.15) is 76.7 Å². The van der Waals surface area contributed by atoms with Crippen LogP contribution in [0.5, 0.6) is 0 Å². The van der Waals surface area contributed by atoms with Crippen molar-refractivity contribution in [1.29, 1.82) is 0 Å². The lowest BCUT2D eigenvalue weighted by atomic mass is 9.70. The Morgan fingerprint density at radius 1 is 0.857 bits per heavy atom. The first-order valence-electron chi connectivity index (χ1n) is 10.5. The molecule has 1 fully saturated rings. The molecule has 0 spiro atoms. The van der Waals surface area contributed by atoms with Crippen LogP contribution in [0.3, 0.4) is 0 Å². The van der Waals surface area contributed by atoms with Gasteiger partial charge in [-0.1, -0.05) is 76.7 Å². The molecule has 1 aromatic carbocycles. The first kappa shape index (κ1) is 21.7. The molecule has 0 aromatic heterocycles. The van der Waals surface area contributed by atoms with E-state index in [1.807, 2.05) is 0 Å². The molecule has 0 saturated heterocycles. The maximum atomic E-state index is 12.9. The molecule has 0 nitrogen and oxygen atoms in total. The first-order valence-corrected chi connectivity index (χ1v) is 12.4. The van der Waals surface area contributed by atoms with Crippen LogP contribution in [-0.2, 0) is 0 Å². The molecule has 6 heteroatoms.